The van der Waals surface area contributed by atoms with Crippen LogP contribution in [0, 0.1) is 18.7 Å². The minimum atomic E-state index is -0.394. The number of aromatic nitrogens is 2. The van der Waals surface area contributed by atoms with E-state index in [4.69, 9.17) is 10.5 Å². The molecule has 0 amide bonds. The highest BCUT2D eigenvalue weighted by molar-refractivity contribution is 5.54. The van der Waals surface area contributed by atoms with Crippen molar-refractivity contribution in [3.05, 3.63) is 47.7 Å². The highest BCUT2D eigenvalue weighted by atomic mass is 19.1. The predicted molar refractivity (Wildman–Crippen MR) is 88.0 cm³/mol. The van der Waals surface area contributed by atoms with Crippen molar-refractivity contribution in [2.75, 3.05) is 19.9 Å². The van der Waals surface area contributed by atoms with Gasteiger partial charge in [-0.3, -0.25) is 0 Å². The first-order chi connectivity index (χ1) is 10.9. The molecule has 2 heterocycles. The van der Waals surface area contributed by atoms with Crippen molar-refractivity contribution in [1.82, 2.24) is 14.7 Å². The van der Waals surface area contributed by atoms with Crippen LogP contribution in [0.15, 0.2) is 30.5 Å². The van der Waals surface area contributed by atoms with Gasteiger partial charge in [-0.15, -0.1) is 0 Å². The molecule has 2 N–H and O–H groups in total. The molecule has 2 atom stereocenters. The molecule has 0 spiro atoms. The summed E-state index contributed by atoms with van der Waals surface area (Å²) in [4.78, 5) is 2.08. The number of rotatable bonds is 3. The van der Waals surface area contributed by atoms with E-state index in [2.05, 4.69) is 23.0 Å². The summed E-state index contributed by atoms with van der Waals surface area (Å²) in [6.45, 7) is 3.95. The quantitative estimate of drug-likeness (QED) is 0.945. The zero-order valence-electron chi connectivity index (χ0n) is 13.7. The van der Waals surface area contributed by atoms with Crippen LogP contribution >= 0.6 is 0 Å². The third-order valence-electron chi connectivity index (χ3n) is 4.37. The van der Waals surface area contributed by atoms with Crippen LogP contribution in [0.3, 0.4) is 0 Å². The van der Waals surface area contributed by atoms with Gasteiger partial charge in [0.05, 0.1) is 30.2 Å². The van der Waals surface area contributed by atoms with Crippen LogP contribution in [0.5, 0.6) is 5.75 Å². The average Bonchev–Trinajstić information content (AvgIpc) is 2.99. The molecule has 1 aromatic heterocycles. The van der Waals surface area contributed by atoms with Gasteiger partial charge < -0.3 is 15.4 Å². The van der Waals surface area contributed by atoms with Gasteiger partial charge in [0.15, 0.2) is 5.82 Å². The standard InChI is InChI=1S/C17H21FN4O/c1-10-7-8-21(3)16(10)17-15(19)11(2)20-22(17)14-6-5-12(23-4)9-13(14)18/h5-10,16H,19H2,1-4H3. The molecule has 0 aliphatic carbocycles. The molecule has 1 aliphatic rings. The smallest absolute Gasteiger partial charge is 0.152 e. The van der Waals surface area contributed by atoms with Gasteiger partial charge in [0.1, 0.15) is 11.4 Å². The number of hydrogen-bond donors (Lipinski definition) is 1. The lowest BCUT2D eigenvalue weighted by Gasteiger charge is -2.26. The summed E-state index contributed by atoms with van der Waals surface area (Å²) in [6.07, 6.45) is 4.13. The van der Waals surface area contributed by atoms with Crippen LogP contribution in [-0.4, -0.2) is 28.8 Å². The van der Waals surface area contributed by atoms with E-state index in [1.165, 1.54) is 13.2 Å². The third-order valence-corrected chi connectivity index (χ3v) is 4.37. The number of nitrogens with two attached hydrogens (primary N) is 1. The lowest BCUT2D eigenvalue weighted by molar-refractivity contribution is 0.305. The molecule has 1 aliphatic heterocycles. The summed E-state index contributed by atoms with van der Waals surface area (Å²) in [7, 11) is 3.50. The second-order valence-electron chi connectivity index (χ2n) is 5.92. The van der Waals surface area contributed by atoms with Gasteiger partial charge in [-0.1, -0.05) is 13.0 Å². The molecule has 6 heteroatoms. The van der Waals surface area contributed by atoms with E-state index in [0.717, 1.165) is 5.69 Å². The minimum absolute atomic E-state index is 0.0256. The van der Waals surface area contributed by atoms with Crippen molar-refractivity contribution >= 4 is 5.69 Å². The van der Waals surface area contributed by atoms with Crippen molar-refractivity contribution in [2.45, 2.75) is 19.9 Å². The zero-order valence-corrected chi connectivity index (χ0v) is 13.7. The fourth-order valence-electron chi connectivity index (χ4n) is 3.09. The fourth-order valence-corrected chi connectivity index (χ4v) is 3.09. The largest absolute Gasteiger partial charge is 0.497 e. The average molecular weight is 316 g/mol. The van der Waals surface area contributed by atoms with Gasteiger partial charge in [-0.2, -0.15) is 5.10 Å². The molecule has 5 nitrogen and oxygen atoms in total. The van der Waals surface area contributed by atoms with Gasteiger partial charge in [0, 0.05) is 19.0 Å². The van der Waals surface area contributed by atoms with Gasteiger partial charge in [-0.25, -0.2) is 9.07 Å². The van der Waals surface area contributed by atoms with E-state index in [0.29, 0.717) is 22.8 Å². The van der Waals surface area contributed by atoms with E-state index in [-0.39, 0.29) is 12.0 Å². The van der Waals surface area contributed by atoms with E-state index in [1.807, 2.05) is 20.2 Å². The second-order valence-corrected chi connectivity index (χ2v) is 5.92. The second kappa shape index (κ2) is 5.61. The first-order valence-electron chi connectivity index (χ1n) is 7.53. The van der Waals surface area contributed by atoms with E-state index >= 15 is 0 Å². The SMILES string of the molecule is COc1ccc(-n2nc(C)c(N)c2C2C(C)C=CN2C)c(F)c1. The number of methoxy groups -OCH3 is 1. The van der Waals surface area contributed by atoms with Gasteiger partial charge in [0.25, 0.3) is 0 Å². The van der Waals surface area contributed by atoms with E-state index in [9.17, 15) is 4.39 Å². The lowest BCUT2D eigenvalue weighted by Crippen LogP contribution is -2.23. The molecule has 3 rings (SSSR count). The Morgan fingerprint density at radius 2 is 2.09 bits per heavy atom. The molecule has 0 fully saturated rings. The topological polar surface area (TPSA) is 56.3 Å². The zero-order chi connectivity index (χ0) is 16.7. The van der Waals surface area contributed by atoms with Crippen molar-refractivity contribution in [2.24, 2.45) is 5.92 Å². The first-order valence-corrected chi connectivity index (χ1v) is 7.53. The summed E-state index contributed by atoms with van der Waals surface area (Å²) in [5.41, 5.74) is 8.75. The Hall–Kier alpha value is -2.50. The minimum Gasteiger partial charge on any atom is -0.497 e. The van der Waals surface area contributed by atoms with Crippen molar-refractivity contribution in [3.63, 3.8) is 0 Å². The maximum Gasteiger partial charge on any atom is 0.152 e. The summed E-state index contributed by atoms with van der Waals surface area (Å²) in [5, 5.41) is 4.47. The molecular formula is C17H21FN4O. The van der Waals surface area contributed by atoms with E-state index in [1.54, 1.807) is 16.8 Å². The molecule has 2 aromatic rings. The van der Waals surface area contributed by atoms with Crippen LogP contribution in [-0.2, 0) is 0 Å². The number of hydrogen-bond acceptors (Lipinski definition) is 4. The normalized spacial score (nSPS) is 20.3. The number of anilines is 1. The monoisotopic (exact) mass is 316 g/mol. The molecule has 122 valence electrons. The van der Waals surface area contributed by atoms with Crippen LogP contribution in [0.1, 0.15) is 24.4 Å². The Labute approximate surface area is 135 Å². The lowest BCUT2D eigenvalue weighted by atomic mass is 9.99. The van der Waals surface area contributed by atoms with Gasteiger partial charge in [0.2, 0.25) is 0 Å². The van der Waals surface area contributed by atoms with Crippen LogP contribution in [0.25, 0.3) is 5.69 Å². The Morgan fingerprint density at radius 1 is 1.35 bits per heavy atom. The number of ether oxygens (including phenoxy) is 1. The summed E-state index contributed by atoms with van der Waals surface area (Å²) < 4.78 is 21.2. The maximum atomic E-state index is 14.5. The molecule has 0 radical (unpaired) electrons. The molecule has 2 unspecified atom stereocenters. The maximum absolute atomic E-state index is 14.5. The van der Waals surface area contributed by atoms with Gasteiger partial charge >= 0.3 is 0 Å². The van der Waals surface area contributed by atoms with Crippen molar-refractivity contribution < 1.29 is 9.13 Å². The van der Waals surface area contributed by atoms with E-state index < -0.39 is 5.82 Å². The van der Waals surface area contributed by atoms with Crippen LogP contribution in [0.4, 0.5) is 10.1 Å². The predicted octanol–water partition coefficient (Wildman–Crippen LogP) is 3.05. The number of benzene rings is 1. The fraction of sp³-hybridized carbons (Fsp3) is 0.353. The summed E-state index contributed by atoms with van der Waals surface area (Å²) in [5.74, 6) is 0.338. The number of halogens is 1. The Balaban J connectivity index is 2.16. The van der Waals surface area contributed by atoms with Crippen molar-refractivity contribution in [3.8, 4) is 11.4 Å². The first kappa shape index (κ1) is 15.4. The summed E-state index contributed by atoms with van der Waals surface area (Å²) in [6, 6.07) is 4.76. The molecule has 1 aromatic carbocycles. The Bertz CT molecular complexity index is 756. The molecule has 0 saturated carbocycles. The van der Waals surface area contributed by atoms with Crippen LogP contribution in [0.2, 0.25) is 0 Å². The molecule has 23 heavy (non-hydrogen) atoms. The molecule has 0 bridgehead atoms. The number of nitrogen functional groups attached to an aromatic ring is 1. The molecule has 0 saturated heterocycles. The van der Waals surface area contributed by atoms with Crippen LogP contribution < -0.4 is 10.5 Å². The highest BCUT2D eigenvalue weighted by Crippen LogP contribution is 2.39. The van der Waals surface area contributed by atoms with Gasteiger partial charge in [-0.05, 0) is 25.3 Å². The third kappa shape index (κ3) is 2.44. The number of aryl methyl sites for hydroxylation is 1. The number of nitrogens with zero attached hydrogens (tertiary/aromatic N) is 3. The summed E-state index contributed by atoms with van der Waals surface area (Å²) >= 11 is 0. The Morgan fingerprint density at radius 3 is 2.65 bits per heavy atom. The molecular weight excluding hydrogens is 295 g/mol. The highest BCUT2D eigenvalue weighted by Gasteiger charge is 2.32. The van der Waals surface area contributed by atoms with Crippen molar-refractivity contribution in [1.29, 1.82) is 0 Å². The Kier molecular flexibility index (Phi) is 3.75.